The predicted molar refractivity (Wildman–Crippen MR) is 21.3 cm³/mol. The van der Waals surface area contributed by atoms with Crippen LogP contribution in [-0.4, -0.2) is 14.6 Å². The van der Waals surface area contributed by atoms with E-state index in [0.717, 1.165) is 0 Å². The van der Waals surface area contributed by atoms with Crippen LogP contribution in [0.2, 0.25) is 6.82 Å². The Morgan fingerprint density at radius 3 is 2.00 bits per heavy atom. The first kappa shape index (κ1) is 4.06. The van der Waals surface area contributed by atoms with Crippen molar-refractivity contribution in [3.63, 3.8) is 0 Å². The number of rotatable bonds is 1. The van der Waals surface area contributed by atoms with Gasteiger partial charge in [0.25, 0.3) is 7.45 Å². The molecule has 0 fully saturated rings. The summed E-state index contributed by atoms with van der Waals surface area (Å²) in [6.45, 7) is 1.81. The molecule has 0 atom stereocenters. The first-order chi connectivity index (χ1) is 1.91. The molecule has 0 unspecified atom stereocenters. The van der Waals surface area contributed by atoms with E-state index in [1.165, 1.54) is 0 Å². The van der Waals surface area contributed by atoms with Crippen molar-refractivity contribution in [2.45, 2.75) is 6.82 Å². The van der Waals surface area contributed by atoms with Gasteiger partial charge in [0, 0.05) is 0 Å². The van der Waals surface area contributed by atoms with Gasteiger partial charge >= 0.3 is 0 Å². The molecule has 0 amide bonds. The van der Waals surface area contributed by atoms with Gasteiger partial charge in [0.05, 0.1) is 0 Å². The average Bonchev–Trinajstić information content (AvgIpc) is 1.37. The third-order valence-corrected chi connectivity index (χ3v) is 0.189. The molecule has 0 aromatic carbocycles. The van der Waals surface area contributed by atoms with E-state index in [2.05, 4.69) is 0 Å². The largest absolute Gasteiger partial charge is 0.353 e. The van der Waals surface area contributed by atoms with Crippen LogP contribution in [0, 0.1) is 0 Å². The van der Waals surface area contributed by atoms with Gasteiger partial charge in [-0.25, -0.2) is 0 Å². The van der Waals surface area contributed by atoms with Crippen LogP contribution in [0.1, 0.15) is 0 Å². The summed E-state index contributed by atoms with van der Waals surface area (Å²) in [5.41, 5.74) is 0. The van der Waals surface area contributed by atoms with Gasteiger partial charge in [-0.2, -0.15) is 0 Å². The van der Waals surface area contributed by atoms with E-state index in [-0.39, 0.29) is 7.45 Å². The maximum Gasteiger partial charge on any atom is 0.289 e. The lowest BCUT2D eigenvalue weighted by molar-refractivity contribution is 0.892. The zero-order chi connectivity index (χ0) is 3.41. The van der Waals surface area contributed by atoms with Crippen LogP contribution < -0.4 is 0 Å². The Bertz CT molecular complexity index is 8.00. The van der Waals surface area contributed by atoms with E-state index in [9.17, 15) is 4.32 Å². The highest BCUT2D eigenvalue weighted by Crippen LogP contribution is 1.49. The van der Waals surface area contributed by atoms with E-state index >= 15 is 0 Å². The molecule has 0 rings (SSSR count). The topological polar surface area (TPSA) is 0 Å². The molecule has 0 aromatic rings. The van der Waals surface area contributed by atoms with Crippen molar-refractivity contribution in [2.75, 3.05) is 0 Å². The summed E-state index contributed by atoms with van der Waals surface area (Å²) in [6.07, 6.45) is 0. The standard InChI is InChI=1S/CH5B2F/c1-2-3-4/h2-3H,1H3. The van der Waals surface area contributed by atoms with E-state index in [4.69, 9.17) is 0 Å². The monoisotopic (exact) mass is 58.1 g/mol. The highest BCUT2D eigenvalue weighted by molar-refractivity contribution is 6.96. The van der Waals surface area contributed by atoms with Gasteiger partial charge in [-0.3, -0.25) is 0 Å². The molecule has 4 heavy (non-hydrogen) atoms. The highest BCUT2D eigenvalue weighted by Gasteiger charge is 1.73. The van der Waals surface area contributed by atoms with Crippen molar-refractivity contribution in [2.24, 2.45) is 0 Å². The number of hydrogen-bond acceptors (Lipinski definition) is 0. The maximum absolute atomic E-state index is 10.7. The van der Waals surface area contributed by atoms with E-state index < -0.39 is 0 Å². The fraction of sp³-hybridized carbons (Fsp3) is 1.00. The van der Waals surface area contributed by atoms with Crippen molar-refractivity contribution in [1.29, 1.82) is 0 Å². The van der Waals surface area contributed by atoms with Gasteiger partial charge in [-0.1, -0.05) is 6.82 Å². The molecule has 0 aromatic heterocycles. The molecule has 0 saturated carbocycles. The summed E-state index contributed by atoms with van der Waals surface area (Å²) < 4.78 is 10.7. The Morgan fingerprint density at radius 2 is 2.00 bits per heavy atom. The molecular weight excluding hydrogens is 52.6 g/mol. The van der Waals surface area contributed by atoms with Gasteiger partial charge < -0.3 is 4.32 Å². The molecule has 0 saturated heterocycles. The Balaban J connectivity index is 1.97. The van der Waals surface area contributed by atoms with Crippen LogP contribution in [0.5, 0.6) is 0 Å². The summed E-state index contributed by atoms with van der Waals surface area (Å²) in [5, 5.41) is 0. The summed E-state index contributed by atoms with van der Waals surface area (Å²) in [4.78, 5) is 0. The van der Waals surface area contributed by atoms with Crippen molar-refractivity contribution < 1.29 is 4.32 Å². The second-order valence-electron chi connectivity index (χ2n) is 0.689. The van der Waals surface area contributed by atoms with Crippen molar-refractivity contribution in [1.82, 2.24) is 0 Å². The van der Waals surface area contributed by atoms with E-state index in [1.807, 2.05) is 0 Å². The Labute approximate surface area is 26.9 Å². The van der Waals surface area contributed by atoms with Crippen molar-refractivity contribution in [3.8, 4) is 0 Å². The van der Waals surface area contributed by atoms with Gasteiger partial charge in [0.1, 0.15) is 7.17 Å². The maximum atomic E-state index is 10.7. The molecule has 0 radical (unpaired) electrons. The summed E-state index contributed by atoms with van der Waals surface area (Å²) in [5.74, 6) is 0. The molecule has 0 heterocycles. The summed E-state index contributed by atoms with van der Waals surface area (Å²) >= 11 is 0. The Hall–Kier alpha value is 0.0599. The SMILES string of the molecule is CBBF. The molecule has 0 nitrogen and oxygen atoms in total. The third-order valence-electron chi connectivity index (χ3n) is 0.189. The lowest BCUT2D eigenvalue weighted by Crippen LogP contribution is -1.84. The second kappa shape index (κ2) is 3.06. The fourth-order valence-electron chi connectivity index (χ4n) is 0. The van der Waals surface area contributed by atoms with E-state index in [0.29, 0.717) is 7.17 Å². The Morgan fingerprint density at radius 1 is 1.75 bits per heavy atom. The zero-order valence-corrected chi connectivity index (χ0v) is 2.79. The van der Waals surface area contributed by atoms with Crippen molar-refractivity contribution in [3.05, 3.63) is 0 Å². The molecule has 0 bridgehead atoms. The highest BCUT2D eigenvalue weighted by atomic mass is 19.1. The normalized spacial score (nSPS) is 5.50. The van der Waals surface area contributed by atoms with Crippen LogP contribution in [0.4, 0.5) is 4.32 Å². The molecular formula is CH5B2F. The minimum absolute atomic E-state index is 0.181. The molecule has 22 valence electrons. The van der Waals surface area contributed by atoms with Crippen LogP contribution >= 0.6 is 0 Å². The molecule has 0 spiro atoms. The first-order valence-electron chi connectivity index (χ1n) is 1.47. The summed E-state index contributed by atoms with van der Waals surface area (Å²) in [6, 6.07) is 0. The van der Waals surface area contributed by atoms with Gasteiger partial charge in [-0.15, -0.1) is 0 Å². The quantitative estimate of drug-likeness (QED) is 0.363. The van der Waals surface area contributed by atoms with Gasteiger partial charge in [-0.05, 0) is 0 Å². The predicted octanol–water partition coefficient (Wildman–Crippen LogP) is -0.293. The second-order valence-corrected chi connectivity index (χ2v) is 0.689. The average molecular weight is 57.7 g/mol. The lowest BCUT2D eigenvalue weighted by Gasteiger charge is -1.55. The lowest BCUT2D eigenvalue weighted by atomic mass is 9.55. The smallest absolute Gasteiger partial charge is 0.289 e. The minimum Gasteiger partial charge on any atom is -0.353 e. The van der Waals surface area contributed by atoms with Crippen LogP contribution in [0.25, 0.3) is 0 Å². The molecule has 3 heteroatoms. The van der Waals surface area contributed by atoms with Crippen LogP contribution in [0.3, 0.4) is 0 Å². The van der Waals surface area contributed by atoms with Crippen molar-refractivity contribution >= 4 is 14.6 Å². The van der Waals surface area contributed by atoms with Gasteiger partial charge in [0.2, 0.25) is 0 Å². The van der Waals surface area contributed by atoms with E-state index in [1.54, 1.807) is 6.82 Å². The minimum atomic E-state index is -0.181. The fourth-order valence-corrected chi connectivity index (χ4v) is 0. The summed E-state index contributed by atoms with van der Waals surface area (Å²) in [7, 11) is 0.472. The Kier molecular flexibility index (Phi) is 3.11. The molecule has 0 aliphatic carbocycles. The number of halogens is 1. The molecule has 0 N–H and O–H groups in total. The number of hydrogen-bond donors (Lipinski definition) is 0. The first-order valence-corrected chi connectivity index (χ1v) is 1.47. The zero-order valence-electron chi connectivity index (χ0n) is 2.79. The third kappa shape index (κ3) is 2.06. The molecule has 0 aliphatic rings. The van der Waals surface area contributed by atoms with Crippen LogP contribution in [-0.2, 0) is 0 Å². The van der Waals surface area contributed by atoms with Gasteiger partial charge in [0.15, 0.2) is 0 Å². The molecule has 0 aliphatic heterocycles. The van der Waals surface area contributed by atoms with Crippen LogP contribution in [0.15, 0.2) is 0 Å².